The zero-order valence-electron chi connectivity index (χ0n) is 14.4. The highest BCUT2D eigenvalue weighted by Gasteiger charge is 2.31. The van der Waals surface area contributed by atoms with E-state index in [1.54, 1.807) is 23.2 Å². The van der Waals surface area contributed by atoms with E-state index >= 15 is 0 Å². The van der Waals surface area contributed by atoms with Crippen molar-refractivity contribution in [3.63, 3.8) is 0 Å². The number of amides is 2. The summed E-state index contributed by atoms with van der Waals surface area (Å²) in [7, 11) is 0. The Morgan fingerprint density at radius 3 is 2.88 bits per heavy atom. The van der Waals surface area contributed by atoms with Gasteiger partial charge in [0.15, 0.2) is 0 Å². The molecule has 1 saturated heterocycles. The lowest BCUT2D eigenvalue weighted by molar-refractivity contribution is -0.128. The molecular weight excluding hydrogens is 335 g/mol. The van der Waals surface area contributed by atoms with Gasteiger partial charge in [0.25, 0.3) is 5.91 Å². The first-order chi connectivity index (χ1) is 12.6. The number of nitrogens with zero attached hydrogens (tertiary/aromatic N) is 3. The van der Waals surface area contributed by atoms with Crippen LogP contribution in [0.2, 0.25) is 0 Å². The Hall–Kier alpha value is -2.70. The highest BCUT2D eigenvalue weighted by Crippen LogP contribution is 2.20. The number of halogens is 1. The van der Waals surface area contributed by atoms with Crippen LogP contribution >= 0.6 is 0 Å². The van der Waals surface area contributed by atoms with E-state index in [9.17, 15) is 14.0 Å². The largest absolute Gasteiger partial charge is 0.347 e. The zero-order valence-corrected chi connectivity index (χ0v) is 14.4. The van der Waals surface area contributed by atoms with Crippen molar-refractivity contribution in [1.82, 2.24) is 20.0 Å². The van der Waals surface area contributed by atoms with Crippen LogP contribution < -0.4 is 5.32 Å². The molecule has 6 nitrogen and oxygen atoms in total. The molecular formula is C19H21FN4O2. The number of rotatable bonds is 4. The summed E-state index contributed by atoms with van der Waals surface area (Å²) in [5.41, 5.74) is 2.48. The van der Waals surface area contributed by atoms with Gasteiger partial charge >= 0.3 is 0 Å². The molecule has 0 spiro atoms. The van der Waals surface area contributed by atoms with Crippen molar-refractivity contribution in [1.29, 1.82) is 0 Å². The average molecular weight is 356 g/mol. The lowest BCUT2D eigenvalue weighted by atomic mass is 10.1. The first-order valence-electron chi connectivity index (χ1n) is 8.98. The fourth-order valence-electron chi connectivity index (χ4n) is 3.71. The minimum absolute atomic E-state index is 0.00309. The molecule has 1 aromatic heterocycles. The highest BCUT2D eigenvalue weighted by molar-refractivity contribution is 5.96. The Balaban J connectivity index is 1.38. The number of aryl methyl sites for hydroxylation is 1. The molecule has 2 aromatic rings. The topological polar surface area (TPSA) is 67.2 Å². The molecule has 1 aromatic carbocycles. The molecule has 2 aliphatic rings. The van der Waals surface area contributed by atoms with E-state index in [0.29, 0.717) is 18.7 Å². The van der Waals surface area contributed by atoms with E-state index in [1.807, 2.05) is 4.68 Å². The van der Waals surface area contributed by atoms with Crippen molar-refractivity contribution in [2.45, 2.75) is 44.8 Å². The molecule has 0 saturated carbocycles. The summed E-state index contributed by atoms with van der Waals surface area (Å²) in [6, 6.07) is 5.91. The number of fused-ring (bicyclic) bond motifs is 1. The van der Waals surface area contributed by atoms with Gasteiger partial charge in [0.05, 0.1) is 23.5 Å². The van der Waals surface area contributed by atoms with Crippen molar-refractivity contribution in [3.05, 3.63) is 53.1 Å². The number of likely N-dealkylation sites (tertiary alicyclic amines) is 1. The fourth-order valence-corrected chi connectivity index (χ4v) is 3.71. The van der Waals surface area contributed by atoms with Crippen molar-refractivity contribution in [3.8, 4) is 0 Å². The third-order valence-corrected chi connectivity index (χ3v) is 5.06. The maximum Gasteiger partial charge on any atom is 0.255 e. The molecule has 136 valence electrons. The van der Waals surface area contributed by atoms with E-state index in [1.165, 1.54) is 12.1 Å². The van der Waals surface area contributed by atoms with Crippen molar-refractivity contribution in [2.24, 2.45) is 0 Å². The third-order valence-electron chi connectivity index (χ3n) is 5.06. The Kier molecular flexibility index (Phi) is 4.44. The molecule has 1 atom stereocenters. The molecule has 26 heavy (non-hydrogen) atoms. The summed E-state index contributed by atoms with van der Waals surface area (Å²) in [6.45, 7) is 1.75. The van der Waals surface area contributed by atoms with Crippen molar-refractivity contribution >= 4 is 11.8 Å². The van der Waals surface area contributed by atoms with Gasteiger partial charge in [0.1, 0.15) is 5.82 Å². The van der Waals surface area contributed by atoms with E-state index in [4.69, 9.17) is 0 Å². The Bertz CT molecular complexity index is 831. The summed E-state index contributed by atoms with van der Waals surface area (Å²) in [5, 5.41) is 7.26. The minimum atomic E-state index is -0.295. The first kappa shape index (κ1) is 16.8. The van der Waals surface area contributed by atoms with E-state index in [-0.39, 0.29) is 30.1 Å². The van der Waals surface area contributed by atoms with Crippen molar-refractivity contribution < 1.29 is 14.0 Å². The van der Waals surface area contributed by atoms with Gasteiger partial charge in [-0.05, 0) is 37.0 Å². The molecule has 1 unspecified atom stereocenters. The first-order valence-corrected chi connectivity index (χ1v) is 8.98. The van der Waals surface area contributed by atoms with Gasteiger partial charge < -0.3 is 10.2 Å². The highest BCUT2D eigenvalue weighted by atomic mass is 19.1. The third kappa shape index (κ3) is 3.34. The van der Waals surface area contributed by atoms with Crippen LogP contribution in [0.4, 0.5) is 4.39 Å². The molecule has 2 aliphatic heterocycles. The van der Waals surface area contributed by atoms with Crippen LogP contribution in [-0.2, 0) is 24.3 Å². The summed E-state index contributed by atoms with van der Waals surface area (Å²) in [6.07, 6.45) is 4.94. The predicted molar refractivity (Wildman–Crippen MR) is 92.9 cm³/mol. The lowest BCUT2D eigenvalue weighted by Gasteiger charge is -2.18. The number of carbonyl (C=O) groups is 2. The van der Waals surface area contributed by atoms with E-state index in [0.717, 1.165) is 37.1 Å². The van der Waals surface area contributed by atoms with Gasteiger partial charge in [-0.3, -0.25) is 14.3 Å². The van der Waals surface area contributed by atoms with Crippen LogP contribution in [-0.4, -0.2) is 39.1 Å². The van der Waals surface area contributed by atoms with Gasteiger partial charge in [-0.2, -0.15) is 5.10 Å². The second kappa shape index (κ2) is 6.90. The van der Waals surface area contributed by atoms with Crippen LogP contribution in [0.25, 0.3) is 0 Å². The van der Waals surface area contributed by atoms with Gasteiger partial charge in [-0.15, -0.1) is 0 Å². The molecule has 0 radical (unpaired) electrons. The lowest BCUT2D eigenvalue weighted by Crippen LogP contribution is -2.37. The molecule has 1 N–H and O–H groups in total. The van der Waals surface area contributed by atoms with Crippen LogP contribution in [0, 0.1) is 5.82 Å². The summed E-state index contributed by atoms with van der Waals surface area (Å²) >= 11 is 0. The van der Waals surface area contributed by atoms with Gasteiger partial charge in [0.2, 0.25) is 5.91 Å². The second-order valence-corrected chi connectivity index (χ2v) is 6.96. The predicted octanol–water partition coefficient (Wildman–Crippen LogP) is 1.89. The number of nitrogens with one attached hydrogen (secondary N) is 1. The normalized spacial score (nSPS) is 19.5. The summed E-state index contributed by atoms with van der Waals surface area (Å²) in [4.78, 5) is 26.5. The summed E-state index contributed by atoms with van der Waals surface area (Å²) in [5.74, 6) is -0.456. The number of hydrogen-bond acceptors (Lipinski definition) is 3. The Morgan fingerprint density at radius 1 is 1.27 bits per heavy atom. The van der Waals surface area contributed by atoms with Crippen molar-refractivity contribution in [2.75, 3.05) is 6.54 Å². The average Bonchev–Trinajstić information content (AvgIpc) is 3.20. The van der Waals surface area contributed by atoms with Gasteiger partial charge in [-0.25, -0.2) is 4.39 Å². The Morgan fingerprint density at radius 2 is 2.08 bits per heavy atom. The molecule has 7 heteroatoms. The molecule has 2 amide bonds. The quantitative estimate of drug-likeness (QED) is 0.910. The maximum absolute atomic E-state index is 13.0. The minimum Gasteiger partial charge on any atom is -0.347 e. The fraction of sp³-hybridized carbons (Fsp3) is 0.421. The van der Waals surface area contributed by atoms with Gasteiger partial charge in [0, 0.05) is 26.1 Å². The monoisotopic (exact) mass is 356 g/mol. The van der Waals surface area contributed by atoms with E-state index < -0.39 is 0 Å². The van der Waals surface area contributed by atoms with Crippen LogP contribution in [0.3, 0.4) is 0 Å². The molecule has 0 bridgehead atoms. The zero-order chi connectivity index (χ0) is 18.1. The molecule has 4 rings (SSSR count). The van der Waals surface area contributed by atoms with E-state index in [2.05, 4.69) is 10.4 Å². The summed E-state index contributed by atoms with van der Waals surface area (Å²) < 4.78 is 14.9. The molecule has 0 aliphatic carbocycles. The van der Waals surface area contributed by atoms with Gasteiger partial charge in [-0.1, -0.05) is 12.1 Å². The standard InChI is InChI=1S/C19H21FN4O2/c20-14-6-4-13(5-7-14)11-23-12-15(9-18(23)25)22-19(26)16-10-21-24-8-2-1-3-17(16)24/h4-7,10,15H,1-3,8-9,11-12H2,(H,22,26). The van der Waals surface area contributed by atoms with Crippen LogP contribution in [0.15, 0.2) is 30.5 Å². The number of benzene rings is 1. The molecule has 3 heterocycles. The molecule has 1 fully saturated rings. The number of carbonyl (C=O) groups excluding carboxylic acids is 2. The Labute approximate surface area is 151 Å². The van der Waals surface area contributed by atoms with Crippen LogP contribution in [0.1, 0.15) is 40.9 Å². The number of hydrogen-bond donors (Lipinski definition) is 1. The second-order valence-electron chi connectivity index (χ2n) is 6.96. The smallest absolute Gasteiger partial charge is 0.255 e. The number of aromatic nitrogens is 2. The maximum atomic E-state index is 13.0. The SMILES string of the molecule is O=C(NC1CC(=O)N(Cc2ccc(F)cc2)C1)c1cnn2c1CCCC2. The van der Waals surface area contributed by atoms with Crippen LogP contribution in [0.5, 0.6) is 0 Å².